The largest absolute Gasteiger partial charge is 0.355 e. The Balaban J connectivity index is 1.47. The molecule has 0 amide bonds. The summed E-state index contributed by atoms with van der Waals surface area (Å²) in [5.41, 5.74) is 5.66. The number of aromatic nitrogens is 6. The lowest BCUT2D eigenvalue weighted by atomic mass is 10.1. The van der Waals surface area contributed by atoms with Crippen molar-refractivity contribution in [3.63, 3.8) is 0 Å². The van der Waals surface area contributed by atoms with Gasteiger partial charge in [0.1, 0.15) is 11.2 Å². The highest BCUT2D eigenvalue weighted by atomic mass is 15.2. The second kappa shape index (κ2) is 6.95. The molecule has 1 aromatic carbocycles. The van der Waals surface area contributed by atoms with E-state index in [4.69, 9.17) is 4.98 Å². The van der Waals surface area contributed by atoms with Crippen LogP contribution in [0.15, 0.2) is 54.9 Å². The lowest BCUT2D eigenvalue weighted by molar-refractivity contribution is 0.574. The Bertz CT molecular complexity index is 1330. The summed E-state index contributed by atoms with van der Waals surface area (Å²) in [6.45, 7) is 2.07. The molecule has 30 heavy (non-hydrogen) atoms. The van der Waals surface area contributed by atoms with Crippen molar-refractivity contribution in [3.8, 4) is 22.8 Å². The Morgan fingerprint density at radius 1 is 0.867 bits per heavy atom. The minimum absolute atomic E-state index is 0.751. The van der Waals surface area contributed by atoms with Crippen LogP contribution < -0.4 is 4.90 Å². The molecule has 0 unspecified atom stereocenters. The third-order valence-electron chi connectivity index (χ3n) is 5.79. The maximum absolute atomic E-state index is 4.93. The van der Waals surface area contributed by atoms with Crippen molar-refractivity contribution in [1.29, 1.82) is 0 Å². The zero-order valence-electron chi connectivity index (χ0n) is 16.5. The molecule has 1 aliphatic rings. The minimum atomic E-state index is 0.751. The molecule has 0 radical (unpaired) electrons. The Labute approximate surface area is 173 Å². The number of hydrogen-bond acceptors (Lipinski definition) is 5. The van der Waals surface area contributed by atoms with Gasteiger partial charge >= 0.3 is 0 Å². The number of benzene rings is 1. The summed E-state index contributed by atoms with van der Waals surface area (Å²) in [6.07, 6.45) is 7.36. The van der Waals surface area contributed by atoms with Crippen molar-refractivity contribution in [3.05, 3.63) is 54.9 Å². The highest BCUT2D eigenvalue weighted by molar-refractivity contribution is 5.96. The third kappa shape index (κ3) is 2.82. The van der Waals surface area contributed by atoms with Crippen molar-refractivity contribution in [2.75, 3.05) is 18.0 Å². The predicted octanol–water partition coefficient (Wildman–Crippen LogP) is 4.55. The summed E-state index contributed by atoms with van der Waals surface area (Å²) in [5, 5.41) is 8.71. The van der Waals surface area contributed by atoms with Gasteiger partial charge in [0.25, 0.3) is 0 Å². The van der Waals surface area contributed by atoms with Gasteiger partial charge in [0.05, 0.1) is 16.7 Å². The highest BCUT2D eigenvalue weighted by Crippen LogP contribution is 2.32. The Morgan fingerprint density at radius 2 is 1.80 bits per heavy atom. The van der Waals surface area contributed by atoms with E-state index < -0.39 is 0 Å². The van der Waals surface area contributed by atoms with Gasteiger partial charge in [-0.3, -0.25) is 10.1 Å². The van der Waals surface area contributed by atoms with E-state index in [-0.39, 0.29) is 0 Å². The molecule has 0 atom stereocenters. The number of piperidine rings is 1. The predicted molar refractivity (Wildman–Crippen MR) is 118 cm³/mol. The molecule has 0 saturated carbocycles. The van der Waals surface area contributed by atoms with Gasteiger partial charge in [-0.1, -0.05) is 12.1 Å². The van der Waals surface area contributed by atoms with Crippen LogP contribution in [0.25, 0.3) is 44.7 Å². The van der Waals surface area contributed by atoms with Gasteiger partial charge in [-0.25, -0.2) is 9.97 Å². The summed E-state index contributed by atoms with van der Waals surface area (Å²) >= 11 is 0. The number of nitrogens with zero attached hydrogens (tertiary/aromatic N) is 5. The molecule has 7 nitrogen and oxygen atoms in total. The second-order valence-electron chi connectivity index (χ2n) is 7.71. The highest BCUT2D eigenvalue weighted by Gasteiger charge is 2.19. The van der Waals surface area contributed by atoms with Gasteiger partial charge in [-0.15, -0.1) is 0 Å². The molecule has 1 aliphatic heterocycles. The molecule has 2 N–H and O–H groups in total. The van der Waals surface area contributed by atoms with Gasteiger partial charge in [-0.2, -0.15) is 5.10 Å². The zero-order valence-corrected chi connectivity index (χ0v) is 16.5. The Morgan fingerprint density at radius 3 is 2.67 bits per heavy atom. The molecule has 4 aromatic heterocycles. The van der Waals surface area contributed by atoms with Gasteiger partial charge in [0.2, 0.25) is 0 Å². The van der Waals surface area contributed by atoms with Crippen molar-refractivity contribution in [2.24, 2.45) is 0 Å². The summed E-state index contributed by atoms with van der Waals surface area (Å²) < 4.78 is 0. The molecular formula is C23H21N7. The molecule has 0 bridgehead atoms. The number of rotatable bonds is 3. The molecule has 6 rings (SSSR count). The standard InChI is InChI=1S/C23H21N7/c1-4-12-30(13-5-1)23-21-19(9-11-25-23)26-22(27-21)20-16-14-15(7-8-18(16)28-29-20)17-6-2-3-10-24-17/h2-3,6-11,14H,1,4-5,12-13H2,(H,26,27)(H,28,29). The van der Waals surface area contributed by atoms with Crippen molar-refractivity contribution in [1.82, 2.24) is 30.1 Å². The SMILES string of the molecule is c1ccc(-c2ccc3[nH]nc(-c4nc5c(N6CCCCC6)nccc5[nH]4)c3c2)nc1. The van der Waals surface area contributed by atoms with Gasteiger partial charge in [0.15, 0.2) is 11.6 Å². The van der Waals surface area contributed by atoms with E-state index in [0.29, 0.717) is 0 Å². The number of pyridine rings is 2. The van der Waals surface area contributed by atoms with Crippen LogP contribution in [0.4, 0.5) is 5.82 Å². The maximum Gasteiger partial charge on any atom is 0.159 e. The summed E-state index contributed by atoms with van der Waals surface area (Å²) in [7, 11) is 0. The fourth-order valence-corrected chi connectivity index (χ4v) is 4.26. The van der Waals surface area contributed by atoms with E-state index in [2.05, 4.69) is 42.2 Å². The van der Waals surface area contributed by atoms with Gasteiger partial charge < -0.3 is 9.88 Å². The first-order chi connectivity index (χ1) is 14.9. The van der Waals surface area contributed by atoms with Crippen LogP contribution >= 0.6 is 0 Å². The van der Waals surface area contributed by atoms with Crippen LogP contribution in [-0.2, 0) is 0 Å². The third-order valence-corrected chi connectivity index (χ3v) is 5.79. The van der Waals surface area contributed by atoms with E-state index in [1.807, 2.05) is 42.7 Å². The van der Waals surface area contributed by atoms with Crippen LogP contribution in [0.1, 0.15) is 19.3 Å². The van der Waals surface area contributed by atoms with Crippen LogP contribution in [-0.4, -0.2) is 43.2 Å². The molecule has 5 aromatic rings. The number of hydrogen-bond donors (Lipinski definition) is 2. The van der Waals surface area contributed by atoms with E-state index in [1.165, 1.54) is 19.3 Å². The smallest absolute Gasteiger partial charge is 0.159 e. The Kier molecular flexibility index (Phi) is 3.97. The fourth-order valence-electron chi connectivity index (χ4n) is 4.26. The lowest BCUT2D eigenvalue weighted by Gasteiger charge is -2.27. The van der Waals surface area contributed by atoms with E-state index >= 15 is 0 Å². The number of aromatic amines is 2. The van der Waals surface area contributed by atoms with Crippen LogP contribution in [0, 0.1) is 0 Å². The van der Waals surface area contributed by atoms with Crippen molar-refractivity contribution < 1.29 is 0 Å². The molecule has 1 fully saturated rings. The lowest BCUT2D eigenvalue weighted by Crippen LogP contribution is -2.30. The number of imidazole rings is 1. The molecule has 7 heteroatoms. The molecule has 148 valence electrons. The minimum Gasteiger partial charge on any atom is -0.355 e. The molecule has 1 saturated heterocycles. The first-order valence-corrected chi connectivity index (χ1v) is 10.4. The average molecular weight is 395 g/mol. The normalized spacial score (nSPS) is 14.6. The first kappa shape index (κ1) is 17.1. The summed E-state index contributed by atoms with van der Waals surface area (Å²) in [6, 6.07) is 14.1. The topological polar surface area (TPSA) is 86.4 Å². The van der Waals surface area contributed by atoms with Gasteiger partial charge in [-0.05, 0) is 49.6 Å². The number of fused-ring (bicyclic) bond motifs is 2. The molecule has 5 heterocycles. The number of anilines is 1. The van der Waals surface area contributed by atoms with Gasteiger partial charge in [0, 0.05) is 36.4 Å². The monoisotopic (exact) mass is 395 g/mol. The maximum atomic E-state index is 4.93. The second-order valence-corrected chi connectivity index (χ2v) is 7.71. The molecule has 0 spiro atoms. The van der Waals surface area contributed by atoms with E-state index in [1.54, 1.807) is 0 Å². The number of H-pyrrole nitrogens is 2. The van der Waals surface area contributed by atoms with Crippen LogP contribution in [0.2, 0.25) is 0 Å². The molecular weight excluding hydrogens is 374 g/mol. The number of nitrogens with one attached hydrogen (secondary N) is 2. The van der Waals surface area contributed by atoms with Crippen LogP contribution in [0.3, 0.4) is 0 Å². The van der Waals surface area contributed by atoms with E-state index in [0.717, 1.165) is 63.6 Å². The quantitative estimate of drug-likeness (QED) is 0.468. The summed E-state index contributed by atoms with van der Waals surface area (Å²) in [5.74, 6) is 1.71. The average Bonchev–Trinajstić information content (AvgIpc) is 3.43. The van der Waals surface area contributed by atoms with Crippen molar-refractivity contribution in [2.45, 2.75) is 19.3 Å². The zero-order chi connectivity index (χ0) is 19.9. The first-order valence-electron chi connectivity index (χ1n) is 10.4. The molecule has 0 aliphatic carbocycles. The van der Waals surface area contributed by atoms with Crippen LogP contribution in [0.5, 0.6) is 0 Å². The summed E-state index contributed by atoms with van der Waals surface area (Å²) in [4.78, 5) is 19.8. The van der Waals surface area contributed by atoms with Crippen molar-refractivity contribution >= 4 is 27.8 Å². The van der Waals surface area contributed by atoms with E-state index in [9.17, 15) is 0 Å². The Hall–Kier alpha value is -3.74. The fraction of sp³-hybridized carbons (Fsp3) is 0.217.